The minimum atomic E-state index is -0.851. The van der Waals surface area contributed by atoms with Crippen molar-refractivity contribution >= 4 is 12.3 Å². The van der Waals surface area contributed by atoms with Crippen LogP contribution in [-0.2, 0) is 29.0 Å². The average Bonchev–Trinajstić information content (AvgIpc) is 2.50. The lowest BCUT2D eigenvalue weighted by atomic mass is 9.84. The van der Waals surface area contributed by atoms with Gasteiger partial charge in [0, 0.05) is 0 Å². The molecule has 0 bridgehead atoms. The second kappa shape index (κ2) is 12.1. The van der Waals surface area contributed by atoms with Gasteiger partial charge in [0.25, 0.3) is 0 Å². The Labute approximate surface area is 169 Å². The van der Waals surface area contributed by atoms with E-state index in [0.717, 1.165) is 19.3 Å². The zero-order valence-corrected chi connectivity index (χ0v) is 18.7. The fourth-order valence-corrected chi connectivity index (χ4v) is 2.53. The summed E-state index contributed by atoms with van der Waals surface area (Å²) in [7, 11) is 0. The van der Waals surface area contributed by atoms with Gasteiger partial charge in [0.2, 0.25) is 0 Å². The zero-order valence-electron chi connectivity index (χ0n) is 18.7. The standard InChI is InChI=1S/C20H38O8/c1-18(2,3)15-20(7,8)28-26-17(22)24-14-12-10-9-11-13-23-16(21)25-27-19(4,5)6/h9-15H2,1-8H3. The molecule has 0 unspecified atom stereocenters. The van der Waals surface area contributed by atoms with E-state index in [0.29, 0.717) is 12.8 Å². The molecule has 28 heavy (non-hydrogen) atoms. The molecule has 0 fully saturated rings. The van der Waals surface area contributed by atoms with E-state index in [1.165, 1.54) is 0 Å². The zero-order chi connectivity index (χ0) is 21.8. The van der Waals surface area contributed by atoms with Crippen molar-refractivity contribution in [2.45, 2.75) is 98.7 Å². The number of hydrogen-bond acceptors (Lipinski definition) is 8. The van der Waals surface area contributed by atoms with Crippen LogP contribution in [0.1, 0.15) is 87.5 Å². The second-order valence-electron chi connectivity index (χ2n) is 9.55. The first-order valence-corrected chi connectivity index (χ1v) is 9.75. The summed E-state index contributed by atoms with van der Waals surface area (Å²) in [5.74, 6) is 0. The molecule has 0 aliphatic carbocycles. The Morgan fingerprint density at radius 3 is 1.46 bits per heavy atom. The predicted octanol–water partition coefficient (Wildman–Crippen LogP) is 5.73. The molecule has 0 atom stereocenters. The number of ether oxygens (including phenoxy) is 2. The van der Waals surface area contributed by atoms with Crippen molar-refractivity contribution in [2.75, 3.05) is 13.2 Å². The van der Waals surface area contributed by atoms with Gasteiger partial charge in [-0.1, -0.05) is 20.8 Å². The van der Waals surface area contributed by atoms with Gasteiger partial charge in [-0.05, 0) is 72.1 Å². The SMILES string of the molecule is CC(C)(C)CC(C)(C)OOC(=O)OCCCCCCOC(=O)OOC(C)(C)C. The van der Waals surface area contributed by atoms with Gasteiger partial charge in [-0.2, -0.15) is 9.78 Å². The highest BCUT2D eigenvalue weighted by Gasteiger charge is 2.29. The van der Waals surface area contributed by atoms with Crippen LogP contribution in [0.25, 0.3) is 0 Å². The second-order valence-corrected chi connectivity index (χ2v) is 9.55. The van der Waals surface area contributed by atoms with E-state index in [1.807, 2.05) is 13.8 Å². The van der Waals surface area contributed by atoms with E-state index >= 15 is 0 Å². The van der Waals surface area contributed by atoms with Crippen LogP contribution >= 0.6 is 0 Å². The fraction of sp³-hybridized carbons (Fsp3) is 0.900. The smallest absolute Gasteiger partial charge is 0.432 e. The third-order valence-electron chi connectivity index (χ3n) is 3.13. The quantitative estimate of drug-likeness (QED) is 0.186. The Hall–Kier alpha value is -1.54. The van der Waals surface area contributed by atoms with Crippen LogP contribution < -0.4 is 0 Å². The highest BCUT2D eigenvalue weighted by atomic mass is 17.2. The predicted molar refractivity (Wildman–Crippen MR) is 103 cm³/mol. The summed E-state index contributed by atoms with van der Waals surface area (Å²) in [4.78, 5) is 42.1. The molecule has 0 rings (SSSR count). The van der Waals surface area contributed by atoms with Crippen LogP contribution in [-0.4, -0.2) is 36.7 Å². The number of hydrogen-bond donors (Lipinski definition) is 0. The molecule has 0 radical (unpaired) electrons. The van der Waals surface area contributed by atoms with Gasteiger partial charge >= 0.3 is 12.3 Å². The van der Waals surface area contributed by atoms with Crippen molar-refractivity contribution in [3.05, 3.63) is 0 Å². The van der Waals surface area contributed by atoms with Crippen molar-refractivity contribution in [1.29, 1.82) is 0 Å². The van der Waals surface area contributed by atoms with Gasteiger partial charge < -0.3 is 9.47 Å². The summed E-state index contributed by atoms with van der Waals surface area (Å²) in [6.45, 7) is 15.7. The summed E-state index contributed by atoms with van der Waals surface area (Å²) in [6.07, 6.45) is 2.03. The Morgan fingerprint density at radius 2 is 1.07 bits per heavy atom. The van der Waals surface area contributed by atoms with Crippen molar-refractivity contribution in [3.8, 4) is 0 Å². The van der Waals surface area contributed by atoms with E-state index in [-0.39, 0.29) is 18.6 Å². The molecule has 8 heteroatoms. The van der Waals surface area contributed by atoms with Crippen LogP contribution in [0.5, 0.6) is 0 Å². The first-order chi connectivity index (χ1) is 12.7. The van der Waals surface area contributed by atoms with Gasteiger partial charge in [0.1, 0.15) is 11.2 Å². The lowest BCUT2D eigenvalue weighted by molar-refractivity contribution is -0.322. The van der Waals surface area contributed by atoms with E-state index in [2.05, 4.69) is 25.7 Å². The summed E-state index contributed by atoms with van der Waals surface area (Å²) >= 11 is 0. The highest BCUT2D eigenvalue weighted by molar-refractivity contribution is 5.59. The van der Waals surface area contributed by atoms with Crippen molar-refractivity contribution < 1.29 is 38.6 Å². The summed E-state index contributed by atoms with van der Waals surface area (Å²) in [5, 5.41) is 0. The molecule has 0 aromatic carbocycles. The maximum absolute atomic E-state index is 11.5. The molecule has 0 N–H and O–H groups in total. The molecule has 0 aliphatic rings. The van der Waals surface area contributed by atoms with Gasteiger partial charge in [-0.3, -0.25) is 9.78 Å². The molecule has 0 saturated carbocycles. The third-order valence-corrected chi connectivity index (χ3v) is 3.13. The summed E-state index contributed by atoms with van der Waals surface area (Å²) < 4.78 is 9.84. The van der Waals surface area contributed by atoms with Crippen LogP contribution in [0.15, 0.2) is 0 Å². The van der Waals surface area contributed by atoms with Gasteiger partial charge in [-0.15, -0.1) is 0 Å². The van der Waals surface area contributed by atoms with Crippen molar-refractivity contribution in [1.82, 2.24) is 0 Å². The van der Waals surface area contributed by atoms with Crippen LogP contribution in [0.2, 0.25) is 0 Å². The van der Waals surface area contributed by atoms with E-state index in [9.17, 15) is 9.59 Å². The Balaban J connectivity index is 3.63. The van der Waals surface area contributed by atoms with Crippen molar-refractivity contribution in [3.63, 3.8) is 0 Å². The molecular formula is C20H38O8. The number of unbranched alkanes of at least 4 members (excludes halogenated alkanes) is 3. The van der Waals surface area contributed by atoms with E-state index in [1.54, 1.807) is 20.8 Å². The van der Waals surface area contributed by atoms with E-state index in [4.69, 9.17) is 24.1 Å². The normalized spacial score (nSPS) is 12.4. The molecule has 0 amide bonds. The molecule has 8 nitrogen and oxygen atoms in total. The van der Waals surface area contributed by atoms with Crippen LogP contribution in [0.3, 0.4) is 0 Å². The number of rotatable bonds is 11. The van der Waals surface area contributed by atoms with Gasteiger partial charge in [0.05, 0.1) is 13.2 Å². The third kappa shape index (κ3) is 17.9. The first-order valence-electron chi connectivity index (χ1n) is 9.75. The Bertz CT molecular complexity index is 460. The lowest BCUT2D eigenvalue weighted by Crippen LogP contribution is -2.31. The lowest BCUT2D eigenvalue weighted by Gasteiger charge is -2.30. The largest absolute Gasteiger partial charge is 0.540 e. The maximum Gasteiger partial charge on any atom is 0.540 e. The molecule has 166 valence electrons. The highest BCUT2D eigenvalue weighted by Crippen LogP contribution is 2.29. The molecule has 0 aromatic rings. The summed E-state index contributed by atoms with van der Waals surface area (Å²) in [5.41, 5.74) is -1.11. The minimum Gasteiger partial charge on any atom is -0.432 e. The molecule has 0 heterocycles. The monoisotopic (exact) mass is 406 g/mol. The van der Waals surface area contributed by atoms with Crippen molar-refractivity contribution in [2.24, 2.45) is 5.41 Å². The first kappa shape index (κ1) is 26.5. The van der Waals surface area contributed by atoms with Gasteiger partial charge in [-0.25, -0.2) is 9.59 Å². The minimum absolute atomic E-state index is 0.0524. The average molecular weight is 407 g/mol. The Kier molecular flexibility index (Phi) is 11.4. The summed E-state index contributed by atoms with van der Waals surface area (Å²) in [6, 6.07) is 0. The molecule has 0 saturated heterocycles. The number of carbonyl (C=O) groups is 2. The Morgan fingerprint density at radius 1 is 0.643 bits per heavy atom. The molecule has 0 aliphatic heterocycles. The van der Waals surface area contributed by atoms with Gasteiger partial charge in [0.15, 0.2) is 0 Å². The molecular weight excluding hydrogens is 368 g/mol. The van der Waals surface area contributed by atoms with Crippen LogP contribution in [0, 0.1) is 5.41 Å². The number of carbonyl (C=O) groups excluding carboxylic acids is 2. The molecule has 0 spiro atoms. The maximum atomic E-state index is 11.5. The van der Waals surface area contributed by atoms with Crippen LogP contribution in [0.4, 0.5) is 9.59 Å². The molecule has 0 aromatic heterocycles. The fourth-order valence-electron chi connectivity index (χ4n) is 2.53. The topological polar surface area (TPSA) is 89.5 Å². The van der Waals surface area contributed by atoms with E-state index < -0.39 is 23.5 Å².